The van der Waals surface area contributed by atoms with E-state index in [1.807, 2.05) is 30.3 Å². The second-order valence-electron chi connectivity index (χ2n) is 6.61. The minimum atomic E-state index is -0.944. The molecule has 134 valence electrons. The van der Waals surface area contributed by atoms with E-state index in [1.54, 1.807) is 4.90 Å². The van der Waals surface area contributed by atoms with Gasteiger partial charge in [-0.05, 0) is 37.8 Å². The summed E-state index contributed by atoms with van der Waals surface area (Å²) >= 11 is 0. The van der Waals surface area contributed by atoms with Gasteiger partial charge in [0.1, 0.15) is 6.04 Å². The number of rotatable bonds is 3. The van der Waals surface area contributed by atoms with Crippen molar-refractivity contribution < 1.29 is 19.5 Å². The van der Waals surface area contributed by atoms with Crippen molar-refractivity contribution in [3.63, 3.8) is 0 Å². The van der Waals surface area contributed by atoms with Crippen LogP contribution in [-0.2, 0) is 9.59 Å². The summed E-state index contributed by atoms with van der Waals surface area (Å²) in [6.45, 7) is 1.42. The Bertz CT molecular complexity index is 649. The maximum atomic E-state index is 12.7. The molecule has 2 atom stereocenters. The highest BCUT2D eigenvalue weighted by molar-refractivity contribution is 5.90. The normalized spacial score (nSPS) is 23.4. The first-order valence-electron chi connectivity index (χ1n) is 8.70. The molecule has 1 aromatic carbocycles. The fourth-order valence-electron chi connectivity index (χ4n) is 3.61. The molecule has 3 rings (SSSR count). The van der Waals surface area contributed by atoms with Crippen LogP contribution in [-0.4, -0.2) is 58.5 Å². The lowest BCUT2D eigenvalue weighted by molar-refractivity contribution is -0.150. The fraction of sp³-hybridized carbons (Fsp3) is 0.500. The molecule has 2 fully saturated rings. The van der Waals surface area contributed by atoms with Crippen molar-refractivity contribution in [3.05, 3.63) is 30.3 Å². The summed E-state index contributed by atoms with van der Waals surface area (Å²) in [5.74, 6) is -1.40. The SMILES string of the molecule is O=C(O)[C@@H]1CCCN1C(=O)C1CCCN(C(=O)Nc2ccccc2)C1. The number of nitrogens with one attached hydrogen (secondary N) is 1. The number of carboxylic acid groups (broad SMARTS) is 1. The Morgan fingerprint density at radius 1 is 1.04 bits per heavy atom. The predicted molar refractivity (Wildman–Crippen MR) is 92.1 cm³/mol. The lowest BCUT2D eigenvalue weighted by Gasteiger charge is -2.34. The van der Waals surface area contributed by atoms with Gasteiger partial charge in [0.25, 0.3) is 0 Å². The van der Waals surface area contributed by atoms with Gasteiger partial charge in [0.2, 0.25) is 5.91 Å². The highest BCUT2D eigenvalue weighted by Gasteiger charge is 2.38. The van der Waals surface area contributed by atoms with Crippen LogP contribution < -0.4 is 5.32 Å². The number of nitrogens with zero attached hydrogens (tertiary/aromatic N) is 2. The Morgan fingerprint density at radius 3 is 2.48 bits per heavy atom. The van der Waals surface area contributed by atoms with E-state index in [2.05, 4.69) is 5.32 Å². The van der Waals surface area contributed by atoms with Gasteiger partial charge in [-0.25, -0.2) is 9.59 Å². The minimum Gasteiger partial charge on any atom is -0.480 e. The van der Waals surface area contributed by atoms with Crippen molar-refractivity contribution in [1.29, 1.82) is 0 Å². The van der Waals surface area contributed by atoms with Gasteiger partial charge in [-0.15, -0.1) is 0 Å². The molecule has 2 N–H and O–H groups in total. The molecule has 0 radical (unpaired) electrons. The van der Waals surface area contributed by atoms with Crippen LogP contribution in [0.25, 0.3) is 0 Å². The molecular weight excluding hydrogens is 322 g/mol. The molecule has 2 aliphatic rings. The number of likely N-dealkylation sites (tertiary alicyclic amines) is 2. The van der Waals surface area contributed by atoms with Crippen molar-refractivity contribution in [2.75, 3.05) is 25.0 Å². The Morgan fingerprint density at radius 2 is 1.76 bits per heavy atom. The highest BCUT2D eigenvalue weighted by atomic mass is 16.4. The third kappa shape index (κ3) is 3.92. The van der Waals surface area contributed by atoms with E-state index >= 15 is 0 Å². The Hall–Kier alpha value is -2.57. The summed E-state index contributed by atoms with van der Waals surface area (Å²) in [6.07, 6.45) is 2.65. The molecule has 3 amide bonds. The number of para-hydroxylation sites is 1. The Labute approximate surface area is 146 Å². The summed E-state index contributed by atoms with van der Waals surface area (Å²) in [6, 6.07) is 8.24. The average Bonchev–Trinajstić information content (AvgIpc) is 3.12. The van der Waals surface area contributed by atoms with Crippen molar-refractivity contribution in [2.24, 2.45) is 5.92 Å². The van der Waals surface area contributed by atoms with Crippen molar-refractivity contribution in [3.8, 4) is 0 Å². The second-order valence-corrected chi connectivity index (χ2v) is 6.61. The molecule has 0 aliphatic carbocycles. The molecule has 7 nitrogen and oxygen atoms in total. The number of carbonyl (C=O) groups excluding carboxylic acids is 2. The number of amides is 3. The lowest BCUT2D eigenvalue weighted by Crippen LogP contribution is -2.50. The molecule has 0 aromatic heterocycles. The highest BCUT2D eigenvalue weighted by Crippen LogP contribution is 2.25. The molecule has 2 aliphatic heterocycles. The van der Waals surface area contributed by atoms with Crippen molar-refractivity contribution >= 4 is 23.6 Å². The Balaban J connectivity index is 1.61. The first-order chi connectivity index (χ1) is 12.1. The van der Waals surface area contributed by atoms with E-state index < -0.39 is 12.0 Å². The molecular formula is C18H23N3O4. The quantitative estimate of drug-likeness (QED) is 0.877. The molecule has 0 saturated carbocycles. The minimum absolute atomic E-state index is 0.137. The number of hydrogen-bond donors (Lipinski definition) is 2. The third-order valence-electron chi connectivity index (χ3n) is 4.90. The average molecular weight is 345 g/mol. The molecule has 1 unspecified atom stereocenters. The molecule has 2 saturated heterocycles. The first kappa shape index (κ1) is 17.3. The number of anilines is 1. The van der Waals surface area contributed by atoms with E-state index in [4.69, 9.17) is 0 Å². The van der Waals surface area contributed by atoms with Gasteiger partial charge in [0.05, 0.1) is 5.92 Å². The van der Waals surface area contributed by atoms with E-state index in [-0.39, 0.29) is 17.9 Å². The zero-order valence-corrected chi connectivity index (χ0v) is 14.1. The summed E-state index contributed by atoms with van der Waals surface area (Å²) in [7, 11) is 0. The topological polar surface area (TPSA) is 90.0 Å². The number of piperidine rings is 1. The van der Waals surface area contributed by atoms with Gasteiger partial charge >= 0.3 is 12.0 Å². The van der Waals surface area contributed by atoms with E-state index in [0.29, 0.717) is 44.6 Å². The fourth-order valence-corrected chi connectivity index (χ4v) is 3.61. The molecule has 7 heteroatoms. The molecule has 25 heavy (non-hydrogen) atoms. The van der Waals surface area contributed by atoms with Crippen LogP contribution in [0.1, 0.15) is 25.7 Å². The predicted octanol–water partition coefficient (Wildman–Crippen LogP) is 2.01. The zero-order chi connectivity index (χ0) is 17.8. The van der Waals surface area contributed by atoms with Crippen LogP contribution in [0.4, 0.5) is 10.5 Å². The van der Waals surface area contributed by atoms with E-state index in [1.165, 1.54) is 4.90 Å². The van der Waals surface area contributed by atoms with Gasteiger partial charge < -0.3 is 20.2 Å². The van der Waals surface area contributed by atoms with Crippen molar-refractivity contribution in [2.45, 2.75) is 31.7 Å². The summed E-state index contributed by atoms with van der Waals surface area (Å²) in [4.78, 5) is 39.6. The van der Waals surface area contributed by atoms with Gasteiger partial charge in [-0.2, -0.15) is 0 Å². The molecule has 2 heterocycles. The first-order valence-corrected chi connectivity index (χ1v) is 8.70. The van der Waals surface area contributed by atoms with Gasteiger partial charge in [-0.1, -0.05) is 18.2 Å². The lowest BCUT2D eigenvalue weighted by atomic mass is 9.96. The maximum Gasteiger partial charge on any atom is 0.326 e. The molecule has 0 bridgehead atoms. The number of hydrogen-bond acceptors (Lipinski definition) is 3. The van der Waals surface area contributed by atoms with Crippen LogP contribution in [0.3, 0.4) is 0 Å². The second kappa shape index (κ2) is 7.55. The number of aliphatic carboxylic acids is 1. The van der Waals surface area contributed by atoms with Crippen LogP contribution in [0, 0.1) is 5.92 Å². The largest absolute Gasteiger partial charge is 0.480 e. The van der Waals surface area contributed by atoms with Gasteiger partial charge in [0, 0.05) is 25.3 Å². The Kier molecular flexibility index (Phi) is 5.21. The number of benzene rings is 1. The molecule has 0 spiro atoms. The standard InChI is InChI=1S/C18H23N3O4/c22-16(21-11-5-9-15(21)17(23)24)13-6-4-10-20(12-13)18(25)19-14-7-2-1-3-8-14/h1-3,7-8,13,15H,4-6,9-12H2,(H,19,25)(H,23,24)/t13?,15-/m0/s1. The zero-order valence-electron chi connectivity index (χ0n) is 14.1. The van der Waals surface area contributed by atoms with Crippen LogP contribution in [0.5, 0.6) is 0 Å². The number of carbonyl (C=O) groups is 3. The summed E-state index contributed by atoms with van der Waals surface area (Å²) in [5, 5.41) is 12.1. The van der Waals surface area contributed by atoms with Crippen LogP contribution in [0.15, 0.2) is 30.3 Å². The maximum absolute atomic E-state index is 12.7. The van der Waals surface area contributed by atoms with Crippen LogP contribution in [0.2, 0.25) is 0 Å². The van der Waals surface area contributed by atoms with E-state index in [0.717, 1.165) is 6.42 Å². The van der Waals surface area contributed by atoms with Gasteiger partial charge in [-0.3, -0.25) is 4.79 Å². The monoisotopic (exact) mass is 345 g/mol. The smallest absolute Gasteiger partial charge is 0.326 e. The number of carboxylic acids is 1. The van der Waals surface area contributed by atoms with Crippen LogP contribution >= 0.6 is 0 Å². The number of urea groups is 1. The van der Waals surface area contributed by atoms with Crippen molar-refractivity contribution in [1.82, 2.24) is 9.80 Å². The third-order valence-corrected chi connectivity index (χ3v) is 4.90. The summed E-state index contributed by atoms with van der Waals surface area (Å²) < 4.78 is 0. The molecule has 1 aromatic rings. The van der Waals surface area contributed by atoms with Gasteiger partial charge in [0.15, 0.2) is 0 Å². The summed E-state index contributed by atoms with van der Waals surface area (Å²) in [5.41, 5.74) is 0.714. The van der Waals surface area contributed by atoms with E-state index in [9.17, 15) is 19.5 Å².